The molecule has 2 atom stereocenters. The lowest BCUT2D eigenvalue weighted by Crippen LogP contribution is -2.46. The number of ether oxygens (including phenoxy) is 1. The Bertz CT molecular complexity index is 726. The monoisotopic (exact) mass is 390 g/mol. The van der Waals surface area contributed by atoms with Crippen LogP contribution in [0.4, 0.5) is 18.9 Å². The van der Waals surface area contributed by atoms with Crippen LogP contribution in [-0.4, -0.2) is 48.6 Å². The summed E-state index contributed by atoms with van der Waals surface area (Å²) in [5.74, 6) is -1.47. The van der Waals surface area contributed by atoms with E-state index in [1.54, 1.807) is 18.2 Å². The van der Waals surface area contributed by atoms with Crippen LogP contribution in [0.1, 0.15) is 19.8 Å². The van der Waals surface area contributed by atoms with Gasteiger partial charge in [-0.05, 0) is 18.6 Å². The van der Waals surface area contributed by atoms with Gasteiger partial charge in [-0.3, -0.25) is 9.59 Å². The lowest BCUT2D eigenvalue weighted by Gasteiger charge is -2.36. The summed E-state index contributed by atoms with van der Waals surface area (Å²) in [4.78, 5) is 27.0. The van der Waals surface area contributed by atoms with E-state index in [9.17, 15) is 22.8 Å². The maximum absolute atomic E-state index is 13.0. The molecule has 1 fully saturated rings. The molecule has 2 heterocycles. The minimum absolute atomic E-state index is 0.223. The molecule has 5 nitrogen and oxygen atoms in total. The molecule has 2 aliphatic rings. The number of carbonyl (C=O) groups is 2. The van der Waals surface area contributed by atoms with E-state index in [1.165, 1.54) is 4.90 Å². The van der Waals surface area contributed by atoms with Crippen LogP contribution in [0.25, 0.3) is 0 Å². The number of benzene rings is 1. The first kappa shape index (κ1) is 18.8. The van der Waals surface area contributed by atoms with Gasteiger partial charge in [-0.25, -0.2) is 0 Å². The molecule has 1 aromatic rings. The molecule has 0 N–H and O–H groups in total. The first-order valence-corrected chi connectivity index (χ1v) is 8.68. The summed E-state index contributed by atoms with van der Waals surface area (Å²) in [6.45, 7) is 0.603. The highest BCUT2D eigenvalue weighted by Gasteiger charge is 2.43. The molecule has 1 saturated heterocycles. The van der Waals surface area contributed by atoms with Gasteiger partial charge in [0, 0.05) is 13.0 Å². The lowest BCUT2D eigenvalue weighted by molar-refractivity contribution is -0.157. The van der Waals surface area contributed by atoms with Gasteiger partial charge in [-0.2, -0.15) is 13.2 Å². The van der Waals surface area contributed by atoms with Crippen molar-refractivity contribution in [1.29, 1.82) is 0 Å². The lowest BCUT2D eigenvalue weighted by atomic mass is 10.0. The number of alkyl halides is 3. The average molecular weight is 391 g/mol. The Morgan fingerprint density at radius 2 is 2.08 bits per heavy atom. The Labute approximate surface area is 153 Å². The smallest absolute Gasteiger partial charge is 0.406 e. The van der Waals surface area contributed by atoms with E-state index in [0.29, 0.717) is 27.8 Å². The molecule has 0 unspecified atom stereocenters. The third-order valence-electron chi connectivity index (χ3n) is 4.56. The fourth-order valence-electron chi connectivity index (χ4n) is 3.28. The number of amides is 2. The predicted molar refractivity (Wildman–Crippen MR) is 89.3 cm³/mol. The van der Waals surface area contributed by atoms with E-state index >= 15 is 0 Å². The van der Waals surface area contributed by atoms with Crippen molar-refractivity contribution in [3.8, 4) is 5.75 Å². The number of hydrogen-bond acceptors (Lipinski definition) is 3. The van der Waals surface area contributed by atoms with Gasteiger partial charge < -0.3 is 14.5 Å². The zero-order valence-corrected chi connectivity index (χ0v) is 14.8. The van der Waals surface area contributed by atoms with Gasteiger partial charge in [0.2, 0.25) is 11.8 Å². The Morgan fingerprint density at radius 3 is 2.73 bits per heavy atom. The van der Waals surface area contributed by atoms with Gasteiger partial charge >= 0.3 is 6.18 Å². The highest BCUT2D eigenvalue weighted by atomic mass is 35.5. The standard InChI is InChI=1S/C17H18ClF3N2O3/c1-2-11-8-23(13-5-3-4-12(18)15(13)26-11)16(25)10-6-14(24)22(7-10)9-17(19,20)21/h3-5,10-11H,2,6-9H2,1H3/t10-,11+/m1/s1. The summed E-state index contributed by atoms with van der Waals surface area (Å²) in [7, 11) is 0. The zero-order chi connectivity index (χ0) is 19.1. The fourth-order valence-corrected chi connectivity index (χ4v) is 3.50. The number of halogens is 4. The number of nitrogens with zero attached hydrogens (tertiary/aromatic N) is 2. The molecule has 0 bridgehead atoms. The van der Waals surface area contributed by atoms with Crippen LogP contribution in [0.15, 0.2) is 18.2 Å². The molecular weight excluding hydrogens is 373 g/mol. The molecule has 26 heavy (non-hydrogen) atoms. The van der Waals surface area contributed by atoms with Crippen LogP contribution in [-0.2, 0) is 9.59 Å². The van der Waals surface area contributed by atoms with E-state index in [1.807, 2.05) is 6.92 Å². The van der Waals surface area contributed by atoms with Crippen LogP contribution in [0, 0.1) is 5.92 Å². The molecule has 0 spiro atoms. The van der Waals surface area contributed by atoms with Gasteiger partial charge in [0.15, 0.2) is 5.75 Å². The first-order valence-electron chi connectivity index (χ1n) is 8.30. The van der Waals surface area contributed by atoms with E-state index in [0.717, 1.165) is 0 Å². The summed E-state index contributed by atoms with van der Waals surface area (Å²) in [5.41, 5.74) is 0.480. The van der Waals surface area contributed by atoms with Gasteiger partial charge in [0.05, 0.1) is 23.2 Å². The van der Waals surface area contributed by atoms with Gasteiger partial charge in [0.25, 0.3) is 0 Å². The Hall–Kier alpha value is -1.96. The van der Waals surface area contributed by atoms with Crippen molar-refractivity contribution >= 4 is 29.1 Å². The van der Waals surface area contributed by atoms with Crippen molar-refractivity contribution in [2.24, 2.45) is 5.92 Å². The highest BCUT2D eigenvalue weighted by molar-refractivity contribution is 6.32. The minimum Gasteiger partial charge on any atom is -0.485 e. The van der Waals surface area contributed by atoms with Crippen molar-refractivity contribution < 1.29 is 27.5 Å². The maximum Gasteiger partial charge on any atom is 0.406 e. The molecule has 142 valence electrons. The first-order chi connectivity index (χ1) is 12.2. The van der Waals surface area contributed by atoms with Crippen molar-refractivity contribution in [3.05, 3.63) is 23.2 Å². The Morgan fingerprint density at radius 1 is 1.35 bits per heavy atom. The molecule has 1 aromatic carbocycles. The fraction of sp³-hybridized carbons (Fsp3) is 0.529. The second-order valence-corrected chi connectivity index (χ2v) is 6.88. The molecule has 9 heteroatoms. The molecule has 3 rings (SSSR count). The molecule has 2 aliphatic heterocycles. The van der Waals surface area contributed by atoms with Crippen LogP contribution >= 0.6 is 11.6 Å². The molecule has 0 radical (unpaired) electrons. The molecular formula is C17H18ClF3N2O3. The normalized spacial score (nSPS) is 23.0. The summed E-state index contributed by atoms with van der Waals surface area (Å²) in [5, 5.41) is 0.361. The number of rotatable bonds is 3. The summed E-state index contributed by atoms with van der Waals surface area (Å²) < 4.78 is 43.6. The van der Waals surface area contributed by atoms with E-state index in [2.05, 4.69) is 0 Å². The Kier molecular flexibility index (Phi) is 5.05. The molecule has 2 amide bonds. The largest absolute Gasteiger partial charge is 0.485 e. The number of para-hydroxylation sites is 1. The number of fused-ring (bicyclic) bond motifs is 1. The van der Waals surface area contributed by atoms with Crippen molar-refractivity contribution in [1.82, 2.24) is 4.90 Å². The third kappa shape index (κ3) is 3.75. The zero-order valence-electron chi connectivity index (χ0n) is 14.1. The minimum atomic E-state index is -4.49. The van der Waals surface area contributed by atoms with E-state index in [-0.39, 0.29) is 31.5 Å². The predicted octanol–water partition coefficient (Wildman–Crippen LogP) is 3.25. The van der Waals surface area contributed by atoms with Gasteiger partial charge in [0.1, 0.15) is 12.6 Å². The van der Waals surface area contributed by atoms with Crippen molar-refractivity contribution in [2.75, 3.05) is 24.5 Å². The molecule has 0 aromatic heterocycles. The summed E-state index contributed by atoms with van der Waals surface area (Å²) in [6.07, 6.45) is -4.34. The number of likely N-dealkylation sites (tertiary alicyclic amines) is 1. The SMILES string of the molecule is CC[C@H]1CN(C(=O)[C@@H]2CC(=O)N(CC(F)(F)F)C2)c2cccc(Cl)c2O1. The quantitative estimate of drug-likeness (QED) is 0.796. The van der Waals surface area contributed by atoms with E-state index < -0.39 is 24.5 Å². The average Bonchev–Trinajstić information content (AvgIpc) is 2.92. The van der Waals surface area contributed by atoms with Gasteiger partial charge in [-0.15, -0.1) is 0 Å². The van der Waals surface area contributed by atoms with Crippen molar-refractivity contribution in [2.45, 2.75) is 32.0 Å². The summed E-state index contributed by atoms with van der Waals surface area (Å²) >= 11 is 6.16. The topological polar surface area (TPSA) is 49.9 Å². The van der Waals surface area contributed by atoms with E-state index in [4.69, 9.17) is 16.3 Å². The van der Waals surface area contributed by atoms with Gasteiger partial charge in [-0.1, -0.05) is 24.6 Å². The maximum atomic E-state index is 13.0. The van der Waals surface area contributed by atoms with Crippen LogP contribution in [0.5, 0.6) is 5.75 Å². The Balaban J connectivity index is 1.82. The number of carbonyl (C=O) groups excluding carboxylic acids is 2. The van der Waals surface area contributed by atoms with Crippen molar-refractivity contribution in [3.63, 3.8) is 0 Å². The number of hydrogen-bond donors (Lipinski definition) is 0. The van der Waals surface area contributed by atoms with Crippen LogP contribution in [0.3, 0.4) is 0 Å². The van der Waals surface area contributed by atoms with Crippen LogP contribution in [0.2, 0.25) is 5.02 Å². The molecule has 0 aliphatic carbocycles. The second kappa shape index (κ2) is 6.98. The third-order valence-corrected chi connectivity index (χ3v) is 4.86. The number of anilines is 1. The highest BCUT2D eigenvalue weighted by Crippen LogP contribution is 2.41. The second-order valence-electron chi connectivity index (χ2n) is 6.48. The summed E-state index contributed by atoms with van der Waals surface area (Å²) in [6, 6.07) is 4.99. The molecule has 0 saturated carbocycles. The van der Waals surface area contributed by atoms with Crippen LogP contribution < -0.4 is 9.64 Å².